The van der Waals surface area contributed by atoms with E-state index in [1.54, 1.807) is 0 Å². The molecule has 34 heavy (non-hydrogen) atoms. The van der Waals surface area contributed by atoms with Crippen molar-refractivity contribution in [1.29, 1.82) is 0 Å². The number of H-pyrrole nitrogens is 1. The first-order valence-corrected chi connectivity index (χ1v) is 12.4. The molecule has 7 nitrogen and oxygen atoms in total. The second-order valence-electron chi connectivity index (χ2n) is 9.69. The summed E-state index contributed by atoms with van der Waals surface area (Å²) < 4.78 is 5.83. The molecule has 0 aliphatic carbocycles. The molecule has 1 amide bonds. The number of amides is 1. The van der Waals surface area contributed by atoms with Crippen LogP contribution in [0.15, 0.2) is 42.5 Å². The Labute approximate surface area is 202 Å². The SMILES string of the molecule is CC(C)c1cccc(C(C)C)c1NC(=O)CN1CCN(CCOc2nc3ccccc3[nH]2)CC1. The summed E-state index contributed by atoms with van der Waals surface area (Å²) >= 11 is 0. The van der Waals surface area contributed by atoms with Crippen molar-refractivity contribution in [2.24, 2.45) is 0 Å². The maximum atomic E-state index is 12.9. The number of fused-ring (bicyclic) bond motifs is 1. The van der Waals surface area contributed by atoms with Gasteiger partial charge in [-0.3, -0.25) is 14.6 Å². The van der Waals surface area contributed by atoms with Crippen LogP contribution in [0.4, 0.5) is 5.69 Å². The third kappa shape index (κ3) is 5.96. The molecule has 7 heteroatoms. The van der Waals surface area contributed by atoms with Gasteiger partial charge in [-0.15, -0.1) is 0 Å². The van der Waals surface area contributed by atoms with Crippen LogP contribution in [-0.4, -0.2) is 71.6 Å². The lowest BCUT2D eigenvalue weighted by molar-refractivity contribution is -0.117. The number of ether oxygens (including phenoxy) is 1. The van der Waals surface area contributed by atoms with E-state index in [-0.39, 0.29) is 5.91 Å². The first-order chi connectivity index (χ1) is 16.4. The number of imidazole rings is 1. The van der Waals surface area contributed by atoms with Gasteiger partial charge < -0.3 is 15.0 Å². The molecule has 0 spiro atoms. The zero-order valence-corrected chi connectivity index (χ0v) is 20.8. The average Bonchev–Trinajstić information content (AvgIpc) is 3.23. The number of aromatic nitrogens is 2. The highest BCUT2D eigenvalue weighted by molar-refractivity contribution is 5.94. The van der Waals surface area contributed by atoms with Gasteiger partial charge in [-0.2, -0.15) is 4.98 Å². The van der Waals surface area contributed by atoms with Gasteiger partial charge in [-0.05, 0) is 35.1 Å². The molecule has 182 valence electrons. The summed E-state index contributed by atoms with van der Waals surface area (Å²) in [4.78, 5) is 25.2. The van der Waals surface area contributed by atoms with Crippen LogP contribution in [0, 0.1) is 0 Å². The van der Waals surface area contributed by atoms with E-state index in [9.17, 15) is 4.79 Å². The lowest BCUT2D eigenvalue weighted by Gasteiger charge is -2.34. The minimum atomic E-state index is 0.0664. The molecule has 0 saturated carbocycles. The summed E-state index contributed by atoms with van der Waals surface area (Å²) in [5, 5.41) is 3.24. The fraction of sp³-hybridized carbons (Fsp3) is 0.481. The molecule has 1 aliphatic heterocycles. The van der Waals surface area contributed by atoms with Crippen LogP contribution in [0.1, 0.15) is 50.7 Å². The molecule has 2 aromatic carbocycles. The molecule has 4 rings (SSSR count). The van der Waals surface area contributed by atoms with E-state index in [4.69, 9.17) is 4.74 Å². The summed E-state index contributed by atoms with van der Waals surface area (Å²) in [6.07, 6.45) is 0. The Bertz CT molecular complexity index is 1040. The molecule has 3 aromatic rings. The highest BCUT2D eigenvalue weighted by Gasteiger charge is 2.21. The van der Waals surface area contributed by atoms with Crippen LogP contribution < -0.4 is 10.1 Å². The topological polar surface area (TPSA) is 73.5 Å². The van der Waals surface area contributed by atoms with E-state index < -0.39 is 0 Å². The predicted molar refractivity (Wildman–Crippen MR) is 138 cm³/mol. The number of nitrogens with one attached hydrogen (secondary N) is 2. The quantitative estimate of drug-likeness (QED) is 0.491. The van der Waals surface area contributed by atoms with Crippen LogP contribution in [0.3, 0.4) is 0 Å². The van der Waals surface area contributed by atoms with Gasteiger partial charge in [-0.25, -0.2) is 0 Å². The number of para-hydroxylation sites is 3. The molecule has 2 heterocycles. The molecule has 0 atom stereocenters. The highest BCUT2D eigenvalue weighted by Crippen LogP contribution is 2.32. The Morgan fingerprint density at radius 3 is 2.26 bits per heavy atom. The third-order valence-electron chi connectivity index (χ3n) is 6.48. The summed E-state index contributed by atoms with van der Waals surface area (Å²) in [6, 6.07) is 14.8. The van der Waals surface area contributed by atoms with Gasteiger partial charge in [0.15, 0.2) is 0 Å². The average molecular weight is 464 g/mol. The highest BCUT2D eigenvalue weighted by atomic mass is 16.5. The fourth-order valence-electron chi connectivity index (χ4n) is 4.52. The van der Waals surface area contributed by atoms with Gasteiger partial charge >= 0.3 is 0 Å². The number of rotatable bonds is 9. The zero-order chi connectivity index (χ0) is 24.1. The molecular weight excluding hydrogens is 426 g/mol. The largest absolute Gasteiger partial charge is 0.463 e. The van der Waals surface area contributed by atoms with Gasteiger partial charge in [0.1, 0.15) is 6.61 Å². The number of anilines is 1. The number of carbonyl (C=O) groups excluding carboxylic acids is 1. The Hall–Kier alpha value is -2.90. The van der Waals surface area contributed by atoms with Crippen molar-refractivity contribution < 1.29 is 9.53 Å². The summed E-state index contributed by atoms with van der Waals surface area (Å²) in [7, 11) is 0. The third-order valence-corrected chi connectivity index (χ3v) is 6.48. The minimum absolute atomic E-state index is 0.0664. The molecule has 1 fully saturated rings. The summed E-state index contributed by atoms with van der Waals surface area (Å²) in [6.45, 7) is 14.2. The second-order valence-corrected chi connectivity index (χ2v) is 9.69. The first-order valence-electron chi connectivity index (χ1n) is 12.4. The van der Waals surface area contributed by atoms with E-state index in [2.05, 4.69) is 71.0 Å². The fourth-order valence-corrected chi connectivity index (χ4v) is 4.52. The summed E-state index contributed by atoms with van der Waals surface area (Å²) in [5.74, 6) is 0.787. The van der Waals surface area contributed by atoms with Crippen LogP contribution >= 0.6 is 0 Å². The number of benzene rings is 2. The monoisotopic (exact) mass is 463 g/mol. The van der Waals surface area contributed by atoms with Crippen LogP contribution in [0.25, 0.3) is 11.0 Å². The Morgan fingerprint density at radius 1 is 0.971 bits per heavy atom. The van der Waals surface area contributed by atoms with Gasteiger partial charge in [0.2, 0.25) is 5.91 Å². The minimum Gasteiger partial charge on any atom is -0.463 e. The molecule has 0 unspecified atom stereocenters. The van der Waals surface area contributed by atoms with Crippen LogP contribution in [0.5, 0.6) is 6.01 Å². The van der Waals surface area contributed by atoms with Crippen molar-refractivity contribution in [1.82, 2.24) is 19.8 Å². The van der Waals surface area contributed by atoms with E-state index in [0.717, 1.165) is 49.4 Å². The lowest BCUT2D eigenvalue weighted by Crippen LogP contribution is -2.49. The van der Waals surface area contributed by atoms with Crippen LogP contribution in [0.2, 0.25) is 0 Å². The number of carbonyl (C=O) groups is 1. The van der Waals surface area contributed by atoms with Crippen molar-refractivity contribution in [3.8, 4) is 6.01 Å². The number of hydrogen-bond donors (Lipinski definition) is 2. The Morgan fingerprint density at radius 2 is 1.62 bits per heavy atom. The van der Waals surface area contributed by atoms with Gasteiger partial charge in [0.05, 0.1) is 17.6 Å². The van der Waals surface area contributed by atoms with Crippen molar-refractivity contribution >= 4 is 22.6 Å². The molecular formula is C27H37N5O2. The number of hydrogen-bond acceptors (Lipinski definition) is 5. The number of nitrogens with zero attached hydrogens (tertiary/aromatic N) is 3. The van der Waals surface area contributed by atoms with E-state index in [1.165, 1.54) is 11.1 Å². The Balaban J connectivity index is 1.23. The van der Waals surface area contributed by atoms with Crippen molar-refractivity contribution in [3.63, 3.8) is 0 Å². The van der Waals surface area contributed by atoms with E-state index in [1.807, 2.05) is 24.3 Å². The summed E-state index contributed by atoms with van der Waals surface area (Å²) in [5.41, 5.74) is 5.31. The standard InChI is InChI=1S/C27H37N5O2/c1-19(2)21-8-7-9-22(20(3)4)26(21)30-25(33)18-32-14-12-31(13-15-32)16-17-34-27-28-23-10-5-6-11-24(23)29-27/h5-11,19-20H,12-18H2,1-4H3,(H,28,29)(H,30,33). The zero-order valence-electron chi connectivity index (χ0n) is 20.8. The lowest BCUT2D eigenvalue weighted by atomic mass is 9.92. The predicted octanol–water partition coefficient (Wildman–Crippen LogP) is 4.44. The molecule has 0 radical (unpaired) electrons. The second kappa shape index (κ2) is 11.0. The molecule has 1 saturated heterocycles. The molecule has 2 N–H and O–H groups in total. The van der Waals surface area contributed by atoms with Gasteiger partial charge in [-0.1, -0.05) is 58.0 Å². The van der Waals surface area contributed by atoms with Gasteiger partial charge in [0.25, 0.3) is 6.01 Å². The molecule has 1 aliphatic rings. The normalized spacial score (nSPS) is 15.4. The maximum Gasteiger partial charge on any atom is 0.294 e. The number of aromatic amines is 1. The van der Waals surface area contributed by atoms with Crippen molar-refractivity contribution in [2.75, 3.05) is 51.2 Å². The van der Waals surface area contributed by atoms with E-state index >= 15 is 0 Å². The first kappa shape index (κ1) is 24.2. The maximum absolute atomic E-state index is 12.9. The smallest absolute Gasteiger partial charge is 0.294 e. The molecule has 0 bridgehead atoms. The van der Waals surface area contributed by atoms with E-state index in [0.29, 0.717) is 31.0 Å². The van der Waals surface area contributed by atoms with Crippen molar-refractivity contribution in [2.45, 2.75) is 39.5 Å². The molecule has 1 aromatic heterocycles. The van der Waals surface area contributed by atoms with Crippen molar-refractivity contribution in [3.05, 3.63) is 53.6 Å². The number of piperazine rings is 1. The van der Waals surface area contributed by atoms with Gasteiger partial charge in [0, 0.05) is 38.4 Å². The Kier molecular flexibility index (Phi) is 7.85. The van der Waals surface area contributed by atoms with Crippen LogP contribution in [-0.2, 0) is 4.79 Å².